The Balaban J connectivity index is 1.55. The van der Waals surface area contributed by atoms with E-state index in [1.54, 1.807) is 18.6 Å². The minimum absolute atomic E-state index is 0.104. The van der Waals surface area contributed by atoms with E-state index in [-0.39, 0.29) is 12.0 Å². The number of piperidine rings is 1. The van der Waals surface area contributed by atoms with Gasteiger partial charge in [0.1, 0.15) is 7.11 Å². The molecule has 11 nitrogen and oxygen atoms in total. The number of benzene rings is 1. The fourth-order valence-electron chi connectivity index (χ4n) is 4.54. The van der Waals surface area contributed by atoms with Crippen LogP contribution in [0.4, 0.5) is 15.9 Å². The second kappa shape index (κ2) is 12.2. The molecule has 4 rings (SSSR count). The number of urea groups is 1. The van der Waals surface area contributed by atoms with Crippen LogP contribution in [-0.2, 0) is 14.4 Å². The van der Waals surface area contributed by atoms with E-state index in [4.69, 9.17) is 9.57 Å². The molecule has 2 amide bonds. The summed E-state index contributed by atoms with van der Waals surface area (Å²) in [6.45, 7) is 8.03. The molecule has 12 heteroatoms. The number of anilines is 2. The molecule has 3 aromatic rings. The van der Waals surface area contributed by atoms with Crippen molar-refractivity contribution in [1.82, 2.24) is 20.3 Å². The Kier molecular flexibility index (Phi) is 8.72. The Labute approximate surface area is 225 Å². The quantitative estimate of drug-likeness (QED) is 0.232. The van der Waals surface area contributed by atoms with Crippen LogP contribution in [0.1, 0.15) is 45.6 Å². The van der Waals surface area contributed by atoms with Crippen LogP contribution in [0.5, 0.6) is 0 Å². The van der Waals surface area contributed by atoms with Gasteiger partial charge in [0, 0.05) is 43.2 Å². The molecule has 1 aromatic carbocycles. The lowest BCUT2D eigenvalue weighted by Gasteiger charge is -2.39. The van der Waals surface area contributed by atoms with Crippen molar-refractivity contribution in [1.29, 1.82) is 0 Å². The molecule has 3 heterocycles. The number of oxime groups is 1. The first-order chi connectivity index (χ1) is 18.4. The summed E-state index contributed by atoms with van der Waals surface area (Å²) in [6.07, 6.45) is 7.37. The summed E-state index contributed by atoms with van der Waals surface area (Å²) in [5, 5.41) is 9.88. The van der Waals surface area contributed by atoms with Crippen molar-refractivity contribution >= 4 is 50.8 Å². The molecule has 0 atom stereocenters. The molecule has 0 bridgehead atoms. The second-order valence-electron chi connectivity index (χ2n) is 8.95. The fourth-order valence-corrected chi connectivity index (χ4v) is 5.46. The molecular weight excluding hydrogens is 506 g/mol. The predicted molar refractivity (Wildman–Crippen MR) is 149 cm³/mol. The van der Waals surface area contributed by atoms with E-state index in [1.165, 1.54) is 18.4 Å². The number of carbonyl (C=O) groups is 2. The number of aromatic nitrogens is 3. The van der Waals surface area contributed by atoms with Gasteiger partial charge in [-0.15, -0.1) is 0 Å². The SMILES string of the molecule is CCNC(=O)Nc1nc2cc(-c3cnc(N4CCC(CC)(C(=O)OCC)CC4)nc3)cc(/C=N\OC)c2s1. The molecule has 0 radical (unpaired) electrons. The number of esters is 1. The van der Waals surface area contributed by atoms with E-state index in [9.17, 15) is 9.59 Å². The van der Waals surface area contributed by atoms with E-state index in [0.29, 0.717) is 55.7 Å². The van der Waals surface area contributed by atoms with Crippen molar-refractivity contribution in [3.8, 4) is 11.1 Å². The van der Waals surface area contributed by atoms with E-state index in [1.807, 2.05) is 32.9 Å². The Morgan fingerprint density at radius 1 is 1.16 bits per heavy atom. The molecule has 202 valence electrons. The number of ether oxygens (including phenoxy) is 1. The number of nitrogens with one attached hydrogen (secondary N) is 2. The number of fused-ring (bicyclic) bond motifs is 1. The maximum atomic E-state index is 12.5. The summed E-state index contributed by atoms with van der Waals surface area (Å²) < 4.78 is 6.21. The Bertz CT molecular complexity index is 1300. The van der Waals surface area contributed by atoms with Crippen LogP contribution in [0, 0.1) is 5.41 Å². The van der Waals surface area contributed by atoms with Gasteiger partial charge in [-0.3, -0.25) is 10.1 Å². The van der Waals surface area contributed by atoms with Gasteiger partial charge in [-0.05, 0) is 50.8 Å². The van der Waals surface area contributed by atoms with Gasteiger partial charge >= 0.3 is 12.0 Å². The van der Waals surface area contributed by atoms with Crippen LogP contribution in [0.3, 0.4) is 0 Å². The van der Waals surface area contributed by atoms with Crippen LogP contribution in [0.15, 0.2) is 29.7 Å². The lowest BCUT2D eigenvalue weighted by Crippen LogP contribution is -2.45. The van der Waals surface area contributed by atoms with Crippen LogP contribution < -0.4 is 15.5 Å². The van der Waals surface area contributed by atoms with Crippen molar-refractivity contribution in [2.45, 2.75) is 40.0 Å². The third kappa shape index (κ3) is 5.85. The van der Waals surface area contributed by atoms with Crippen LogP contribution in [0.2, 0.25) is 0 Å². The Morgan fingerprint density at radius 3 is 2.53 bits per heavy atom. The Morgan fingerprint density at radius 2 is 1.89 bits per heavy atom. The number of rotatable bonds is 9. The molecule has 0 aliphatic carbocycles. The third-order valence-electron chi connectivity index (χ3n) is 6.73. The molecule has 2 aromatic heterocycles. The summed E-state index contributed by atoms with van der Waals surface area (Å²) in [5.74, 6) is 0.527. The van der Waals surface area contributed by atoms with E-state index in [2.05, 4.69) is 35.6 Å². The average molecular weight is 540 g/mol. The summed E-state index contributed by atoms with van der Waals surface area (Å²) in [6, 6.07) is 3.60. The highest BCUT2D eigenvalue weighted by Crippen LogP contribution is 2.37. The highest BCUT2D eigenvalue weighted by Gasteiger charge is 2.41. The van der Waals surface area contributed by atoms with Gasteiger partial charge in [0.25, 0.3) is 0 Å². The van der Waals surface area contributed by atoms with Crippen molar-refractivity contribution < 1.29 is 19.2 Å². The highest BCUT2D eigenvalue weighted by atomic mass is 32.1. The summed E-state index contributed by atoms with van der Waals surface area (Å²) in [5.41, 5.74) is 2.77. The van der Waals surface area contributed by atoms with Gasteiger partial charge in [-0.25, -0.2) is 19.7 Å². The van der Waals surface area contributed by atoms with Gasteiger partial charge < -0.3 is 19.8 Å². The molecule has 0 spiro atoms. The number of hydrogen-bond donors (Lipinski definition) is 2. The topological polar surface area (TPSA) is 131 Å². The van der Waals surface area contributed by atoms with Gasteiger partial charge in [-0.1, -0.05) is 23.4 Å². The second-order valence-corrected chi connectivity index (χ2v) is 9.95. The summed E-state index contributed by atoms with van der Waals surface area (Å²) in [7, 11) is 1.48. The predicted octanol–water partition coefficient (Wildman–Crippen LogP) is 4.43. The minimum atomic E-state index is -0.430. The first-order valence-electron chi connectivity index (χ1n) is 12.7. The molecule has 1 fully saturated rings. The van der Waals surface area contributed by atoms with E-state index < -0.39 is 5.41 Å². The van der Waals surface area contributed by atoms with Gasteiger partial charge in [0.15, 0.2) is 5.13 Å². The molecule has 0 saturated carbocycles. The average Bonchev–Trinajstić information content (AvgIpc) is 3.34. The number of thiazole rings is 1. The van der Waals surface area contributed by atoms with Crippen molar-refractivity contribution in [3.05, 3.63) is 30.1 Å². The molecule has 1 aliphatic rings. The minimum Gasteiger partial charge on any atom is -0.466 e. The fraction of sp³-hybridized carbons (Fsp3) is 0.462. The smallest absolute Gasteiger partial charge is 0.321 e. The lowest BCUT2D eigenvalue weighted by atomic mass is 9.76. The first kappa shape index (κ1) is 27.2. The highest BCUT2D eigenvalue weighted by molar-refractivity contribution is 7.22. The third-order valence-corrected chi connectivity index (χ3v) is 7.77. The van der Waals surface area contributed by atoms with Gasteiger partial charge in [0.2, 0.25) is 5.95 Å². The van der Waals surface area contributed by atoms with E-state index in [0.717, 1.165) is 27.8 Å². The largest absolute Gasteiger partial charge is 0.466 e. The number of hydrogen-bond acceptors (Lipinski definition) is 10. The zero-order chi connectivity index (χ0) is 27.1. The van der Waals surface area contributed by atoms with Gasteiger partial charge in [-0.2, -0.15) is 0 Å². The number of nitrogens with zero attached hydrogens (tertiary/aromatic N) is 5. The van der Waals surface area contributed by atoms with Crippen LogP contribution in [0.25, 0.3) is 21.3 Å². The van der Waals surface area contributed by atoms with Crippen LogP contribution in [-0.4, -0.2) is 66.5 Å². The number of amides is 2. The summed E-state index contributed by atoms with van der Waals surface area (Å²) >= 11 is 1.36. The normalized spacial score (nSPS) is 15.0. The zero-order valence-corrected chi connectivity index (χ0v) is 22.9. The Hall–Kier alpha value is -3.80. The summed E-state index contributed by atoms with van der Waals surface area (Å²) in [4.78, 5) is 45.4. The molecule has 1 aliphatic heterocycles. The molecule has 1 saturated heterocycles. The first-order valence-corrected chi connectivity index (χ1v) is 13.5. The monoisotopic (exact) mass is 539 g/mol. The number of carbonyl (C=O) groups excluding carboxylic acids is 2. The molecule has 0 unspecified atom stereocenters. The maximum absolute atomic E-state index is 12.5. The molecular formula is C26H33N7O4S. The van der Waals surface area contributed by atoms with Crippen molar-refractivity contribution in [3.63, 3.8) is 0 Å². The van der Waals surface area contributed by atoms with Crippen LogP contribution >= 0.6 is 11.3 Å². The van der Waals surface area contributed by atoms with Crippen molar-refractivity contribution in [2.75, 3.05) is 43.6 Å². The maximum Gasteiger partial charge on any atom is 0.321 e. The van der Waals surface area contributed by atoms with E-state index >= 15 is 0 Å². The van der Waals surface area contributed by atoms with Gasteiger partial charge in [0.05, 0.1) is 28.5 Å². The van der Waals surface area contributed by atoms with Crippen molar-refractivity contribution in [2.24, 2.45) is 10.6 Å². The molecule has 2 N–H and O–H groups in total. The zero-order valence-electron chi connectivity index (χ0n) is 22.1. The molecule has 38 heavy (non-hydrogen) atoms. The standard InChI is InChI=1S/C26H33N7O4S/c1-5-26(22(34)37-7-3)8-10-33(11-9-26)23-28-14-19(15-29-23)17-12-18(16-30-36-4)21-20(13-17)31-25(38-21)32-24(35)27-6-2/h12-16H,5-11H2,1-4H3,(H2,27,31,32,35)/b30-16-. The lowest BCUT2D eigenvalue weighted by molar-refractivity contribution is -0.157.